The third-order valence-corrected chi connectivity index (χ3v) is 5.64. The largest absolute Gasteiger partial charge is 0.486 e. The van der Waals surface area contributed by atoms with Crippen molar-refractivity contribution in [3.63, 3.8) is 0 Å². The van der Waals surface area contributed by atoms with Gasteiger partial charge in [-0.05, 0) is 37.1 Å². The highest BCUT2D eigenvalue weighted by atomic mass is 16.6. The highest BCUT2D eigenvalue weighted by molar-refractivity contribution is 5.79. The summed E-state index contributed by atoms with van der Waals surface area (Å²) in [5.41, 5.74) is 3.09. The van der Waals surface area contributed by atoms with Gasteiger partial charge < -0.3 is 19.7 Å². The molecule has 1 amide bonds. The zero-order valence-corrected chi connectivity index (χ0v) is 15.8. The number of fused-ring (bicyclic) bond motifs is 2. The molecular formula is C21H24N4O3. The minimum Gasteiger partial charge on any atom is -0.486 e. The van der Waals surface area contributed by atoms with Crippen molar-refractivity contribution in [2.24, 2.45) is 0 Å². The van der Waals surface area contributed by atoms with Crippen molar-refractivity contribution in [1.29, 1.82) is 0 Å². The van der Waals surface area contributed by atoms with Crippen LogP contribution in [0, 0.1) is 0 Å². The zero-order chi connectivity index (χ0) is 18.9. The first kappa shape index (κ1) is 17.4. The van der Waals surface area contributed by atoms with E-state index < -0.39 is 0 Å². The molecule has 0 saturated carbocycles. The van der Waals surface area contributed by atoms with Gasteiger partial charge in [-0.3, -0.25) is 4.79 Å². The summed E-state index contributed by atoms with van der Waals surface area (Å²) >= 11 is 0. The van der Waals surface area contributed by atoms with Crippen LogP contribution in [-0.4, -0.2) is 47.1 Å². The smallest absolute Gasteiger partial charge is 0.227 e. The molecule has 0 unspecified atom stereocenters. The van der Waals surface area contributed by atoms with E-state index in [9.17, 15) is 4.79 Å². The maximum atomic E-state index is 12.8. The number of aromatic nitrogens is 2. The van der Waals surface area contributed by atoms with Crippen molar-refractivity contribution in [3.05, 3.63) is 47.0 Å². The summed E-state index contributed by atoms with van der Waals surface area (Å²) in [7, 11) is 0. The van der Waals surface area contributed by atoms with Crippen LogP contribution >= 0.6 is 0 Å². The lowest BCUT2D eigenvalue weighted by molar-refractivity contribution is -0.131. The molecule has 0 spiro atoms. The van der Waals surface area contributed by atoms with Gasteiger partial charge in [-0.25, -0.2) is 9.97 Å². The Labute approximate surface area is 164 Å². The van der Waals surface area contributed by atoms with Gasteiger partial charge in [0.25, 0.3) is 0 Å². The summed E-state index contributed by atoms with van der Waals surface area (Å²) in [6, 6.07) is 6.01. The second-order valence-corrected chi connectivity index (χ2v) is 7.57. The molecule has 0 bridgehead atoms. The molecule has 1 fully saturated rings. The number of benzene rings is 1. The fourth-order valence-electron chi connectivity index (χ4n) is 4.10. The highest BCUT2D eigenvalue weighted by Gasteiger charge is 2.25. The molecule has 3 aliphatic rings. The van der Waals surface area contributed by atoms with Gasteiger partial charge >= 0.3 is 0 Å². The molecule has 0 radical (unpaired) electrons. The van der Waals surface area contributed by atoms with E-state index in [1.165, 1.54) is 6.42 Å². The third-order valence-electron chi connectivity index (χ3n) is 5.64. The van der Waals surface area contributed by atoms with Crippen molar-refractivity contribution in [2.75, 3.05) is 26.3 Å². The maximum absolute atomic E-state index is 12.8. The molecule has 146 valence electrons. The van der Waals surface area contributed by atoms with E-state index in [-0.39, 0.29) is 11.9 Å². The number of carbonyl (C=O) groups is 1. The van der Waals surface area contributed by atoms with Gasteiger partial charge in [0.1, 0.15) is 19.0 Å². The molecular weight excluding hydrogens is 356 g/mol. The van der Waals surface area contributed by atoms with Crippen LogP contribution in [0.2, 0.25) is 0 Å². The summed E-state index contributed by atoms with van der Waals surface area (Å²) in [5, 5.41) is 3.45. The average Bonchev–Trinajstić information content (AvgIpc) is 3.28. The van der Waals surface area contributed by atoms with E-state index in [4.69, 9.17) is 14.5 Å². The summed E-state index contributed by atoms with van der Waals surface area (Å²) in [6.07, 6.45) is 5.31. The molecule has 0 aliphatic carbocycles. The van der Waals surface area contributed by atoms with Gasteiger partial charge in [0.15, 0.2) is 11.5 Å². The summed E-state index contributed by atoms with van der Waals surface area (Å²) in [4.78, 5) is 24.1. The van der Waals surface area contributed by atoms with Crippen LogP contribution in [0.3, 0.4) is 0 Å². The monoisotopic (exact) mass is 380 g/mol. The molecule has 1 N–H and O–H groups in total. The van der Waals surface area contributed by atoms with E-state index in [2.05, 4.69) is 10.3 Å². The Morgan fingerprint density at radius 3 is 3.00 bits per heavy atom. The van der Waals surface area contributed by atoms with E-state index >= 15 is 0 Å². The summed E-state index contributed by atoms with van der Waals surface area (Å²) in [5.74, 6) is 2.48. The van der Waals surface area contributed by atoms with Gasteiger partial charge in [-0.1, -0.05) is 6.07 Å². The van der Waals surface area contributed by atoms with Crippen LogP contribution in [-0.2, 0) is 24.2 Å². The maximum Gasteiger partial charge on any atom is 0.227 e. The van der Waals surface area contributed by atoms with Crippen LogP contribution in [0.25, 0.3) is 0 Å². The number of rotatable bonds is 3. The lowest BCUT2D eigenvalue weighted by Gasteiger charge is -2.29. The second-order valence-electron chi connectivity index (χ2n) is 7.57. The first-order valence-electron chi connectivity index (χ1n) is 10.0. The van der Waals surface area contributed by atoms with Gasteiger partial charge in [0, 0.05) is 31.3 Å². The van der Waals surface area contributed by atoms with E-state index in [1.807, 2.05) is 29.3 Å². The second kappa shape index (κ2) is 7.39. The Balaban J connectivity index is 1.26. The Bertz CT molecular complexity index is 895. The number of hydrogen-bond acceptors (Lipinski definition) is 6. The van der Waals surface area contributed by atoms with Crippen LogP contribution in [0.15, 0.2) is 24.4 Å². The molecule has 1 atom stereocenters. The Morgan fingerprint density at radius 2 is 2.14 bits per heavy atom. The van der Waals surface area contributed by atoms with Gasteiger partial charge in [-0.15, -0.1) is 0 Å². The molecule has 28 heavy (non-hydrogen) atoms. The van der Waals surface area contributed by atoms with Gasteiger partial charge in [-0.2, -0.15) is 0 Å². The first-order valence-corrected chi connectivity index (χ1v) is 10.0. The lowest BCUT2D eigenvalue weighted by Crippen LogP contribution is -2.37. The SMILES string of the molecule is O=C(Cc1ccc2c(c1)OCCO2)N1CCc2nc([C@H]3CCCN3)ncc2C1. The average molecular weight is 380 g/mol. The van der Waals surface area contributed by atoms with E-state index in [0.29, 0.717) is 32.7 Å². The van der Waals surface area contributed by atoms with Crippen molar-refractivity contribution >= 4 is 5.91 Å². The van der Waals surface area contributed by atoms with Crippen LogP contribution in [0.5, 0.6) is 11.5 Å². The minimum atomic E-state index is 0.115. The number of nitrogens with zero attached hydrogens (tertiary/aromatic N) is 3. The van der Waals surface area contributed by atoms with Crippen molar-refractivity contribution in [1.82, 2.24) is 20.2 Å². The highest BCUT2D eigenvalue weighted by Crippen LogP contribution is 2.31. The number of nitrogens with one attached hydrogen (secondary N) is 1. The van der Waals surface area contributed by atoms with Crippen molar-refractivity contribution < 1.29 is 14.3 Å². The van der Waals surface area contributed by atoms with Gasteiger partial charge in [0.2, 0.25) is 5.91 Å². The fraction of sp³-hybridized carbons (Fsp3) is 0.476. The molecule has 5 rings (SSSR count). The van der Waals surface area contributed by atoms with Crippen molar-refractivity contribution in [3.8, 4) is 11.5 Å². The van der Waals surface area contributed by atoms with E-state index in [0.717, 1.165) is 53.5 Å². The molecule has 3 aliphatic heterocycles. The van der Waals surface area contributed by atoms with Crippen LogP contribution in [0.4, 0.5) is 0 Å². The fourth-order valence-corrected chi connectivity index (χ4v) is 4.10. The Hall–Kier alpha value is -2.67. The number of carbonyl (C=O) groups excluding carboxylic acids is 1. The zero-order valence-electron chi connectivity index (χ0n) is 15.8. The topological polar surface area (TPSA) is 76.6 Å². The Kier molecular flexibility index (Phi) is 4.60. The van der Waals surface area contributed by atoms with Gasteiger partial charge in [0.05, 0.1) is 18.2 Å². The predicted molar refractivity (Wildman–Crippen MR) is 102 cm³/mol. The number of hydrogen-bond donors (Lipinski definition) is 1. The van der Waals surface area contributed by atoms with Crippen LogP contribution in [0.1, 0.15) is 41.5 Å². The standard InChI is InChI=1S/C21H24N4O3/c26-20(11-14-3-4-18-19(10-14)28-9-8-27-18)25-7-5-16-15(13-25)12-23-21(24-16)17-2-1-6-22-17/h3-4,10,12,17,22H,1-2,5-9,11,13H2/t17-/m1/s1. The molecule has 4 heterocycles. The first-order chi connectivity index (χ1) is 13.8. The van der Waals surface area contributed by atoms with E-state index in [1.54, 1.807) is 0 Å². The molecule has 1 saturated heterocycles. The molecule has 7 nitrogen and oxygen atoms in total. The van der Waals surface area contributed by atoms with Crippen LogP contribution < -0.4 is 14.8 Å². The third kappa shape index (κ3) is 3.42. The quantitative estimate of drug-likeness (QED) is 0.875. The predicted octanol–water partition coefficient (Wildman–Crippen LogP) is 1.80. The Morgan fingerprint density at radius 1 is 1.25 bits per heavy atom. The molecule has 7 heteroatoms. The molecule has 1 aromatic heterocycles. The number of ether oxygens (including phenoxy) is 2. The molecule has 2 aromatic rings. The normalized spacial score (nSPS) is 20.7. The summed E-state index contributed by atoms with van der Waals surface area (Å²) < 4.78 is 11.2. The van der Waals surface area contributed by atoms with Crippen molar-refractivity contribution in [2.45, 2.75) is 38.3 Å². The minimum absolute atomic E-state index is 0.115. The molecule has 1 aromatic carbocycles. The number of amides is 1. The summed E-state index contributed by atoms with van der Waals surface area (Å²) in [6.45, 7) is 3.43. The lowest BCUT2D eigenvalue weighted by atomic mass is 10.0.